The molecular formula is C16H20N8. The molecule has 124 valence electrons. The lowest BCUT2D eigenvalue weighted by Crippen LogP contribution is -2.60. The average molecular weight is 324 g/mol. The van der Waals surface area contributed by atoms with Crippen LogP contribution in [0.15, 0.2) is 36.1 Å². The van der Waals surface area contributed by atoms with E-state index in [4.69, 9.17) is 10.7 Å². The number of fused-ring (bicyclic) bond motifs is 2. The van der Waals surface area contributed by atoms with Crippen molar-refractivity contribution in [2.45, 2.75) is 18.4 Å². The highest BCUT2D eigenvalue weighted by molar-refractivity contribution is 5.96. The molecule has 24 heavy (non-hydrogen) atoms. The molecule has 0 saturated carbocycles. The summed E-state index contributed by atoms with van der Waals surface area (Å²) in [5.41, 5.74) is 6.23. The van der Waals surface area contributed by atoms with Crippen LogP contribution in [0.5, 0.6) is 0 Å². The predicted octanol–water partition coefficient (Wildman–Crippen LogP) is 0.261. The molecule has 3 saturated heterocycles. The summed E-state index contributed by atoms with van der Waals surface area (Å²) in [6.07, 6.45) is 9.32. The number of hydrogen-bond acceptors (Lipinski definition) is 7. The van der Waals surface area contributed by atoms with Crippen LogP contribution in [0.1, 0.15) is 12.8 Å². The molecule has 6 rings (SSSR count). The first-order chi connectivity index (χ1) is 11.7. The van der Waals surface area contributed by atoms with Crippen LogP contribution in [0.25, 0.3) is 5.82 Å². The zero-order valence-corrected chi connectivity index (χ0v) is 13.4. The van der Waals surface area contributed by atoms with Crippen molar-refractivity contribution in [1.82, 2.24) is 24.4 Å². The summed E-state index contributed by atoms with van der Waals surface area (Å²) in [6.45, 7) is 4.20. The first-order valence-corrected chi connectivity index (χ1v) is 8.39. The minimum atomic E-state index is -0.0687. The summed E-state index contributed by atoms with van der Waals surface area (Å²) in [5.74, 6) is 2.77. The van der Waals surface area contributed by atoms with E-state index < -0.39 is 0 Å². The summed E-state index contributed by atoms with van der Waals surface area (Å²) >= 11 is 0. The molecular weight excluding hydrogens is 304 g/mol. The number of rotatable bonds is 2. The Hall–Kier alpha value is -2.48. The molecule has 4 aliphatic heterocycles. The van der Waals surface area contributed by atoms with Crippen LogP contribution < -0.4 is 10.6 Å². The number of anilines is 1. The van der Waals surface area contributed by atoms with E-state index in [1.54, 1.807) is 18.9 Å². The van der Waals surface area contributed by atoms with Crippen LogP contribution in [0.2, 0.25) is 0 Å². The second-order valence-corrected chi connectivity index (χ2v) is 6.91. The molecule has 6 heterocycles. The van der Waals surface area contributed by atoms with Gasteiger partial charge < -0.3 is 10.6 Å². The van der Waals surface area contributed by atoms with Gasteiger partial charge in [0.25, 0.3) is 0 Å². The predicted molar refractivity (Wildman–Crippen MR) is 90.0 cm³/mol. The molecule has 2 bridgehead atoms. The molecule has 1 atom stereocenters. The van der Waals surface area contributed by atoms with Gasteiger partial charge in [-0.2, -0.15) is 0 Å². The van der Waals surface area contributed by atoms with Gasteiger partial charge in [0, 0.05) is 25.0 Å². The van der Waals surface area contributed by atoms with Gasteiger partial charge in [-0.25, -0.2) is 19.9 Å². The van der Waals surface area contributed by atoms with E-state index >= 15 is 0 Å². The SMILES string of the molecule is NC1=NC2(CN3CCC2CC3)CN1c1cc(-n2ccnc2)ncn1. The topological polar surface area (TPSA) is 88.5 Å². The molecule has 8 nitrogen and oxygen atoms in total. The molecule has 0 radical (unpaired) electrons. The Balaban J connectivity index is 1.47. The van der Waals surface area contributed by atoms with E-state index in [9.17, 15) is 0 Å². The van der Waals surface area contributed by atoms with Gasteiger partial charge in [-0.15, -0.1) is 0 Å². The van der Waals surface area contributed by atoms with Gasteiger partial charge in [0.15, 0.2) is 5.96 Å². The summed E-state index contributed by atoms with van der Waals surface area (Å²) in [5, 5.41) is 0. The zero-order chi connectivity index (χ0) is 16.1. The van der Waals surface area contributed by atoms with Gasteiger partial charge in [0.1, 0.15) is 24.3 Å². The first-order valence-electron chi connectivity index (χ1n) is 8.39. The molecule has 4 aliphatic rings. The molecule has 1 unspecified atom stereocenters. The van der Waals surface area contributed by atoms with Crippen molar-refractivity contribution in [3.8, 4) is 5.82 Å². The molecule has 3 fully saturated rings. The monoisotopic (exact) mass is 324 g/mol. The van der Waals surface area contributed by atoms with Gasteiger partial charge in [-0.1, -0.05) is 0 Å². The van der Waals surface area contributed by atoms with Crippen LogP contribution in [0.3, 0.4) is 0 Å². The Morgan fingerprint density at radius 2 is 1.96 bits per heavy atom. The minimum Gasteiger partial charge on any atom is -0.369 e. The highest BCUT2D eigenvalue weighted by atomic mass is 15.4. The van der Waals surface area contributed by atoms with Crippen LogP contribution in [-0.2, 0) is 0 Å². The van der Waals surface area contributed by atoms with Crippen molar-refractivity contribution in [2.75, 3.05) is 31.1 Å². The number of guanidine groups is 1. The molecule has 2 aromatic heterocycles. The van der Waals surface area contributed by atoms with E-state index in [2.05, 4.69) is 19.9 Å². The molecule has 8 heteroatoms. The zero-order valence-electron chi connectivity index (χ0n) is 13.4. The summed E-state index contributed by atoms with van der Waals surface area (Å²) in [6, 6.07) is 1.93. The van der Waals surface area contributed by atoms with Crippen molar-refractivity contribution >= 4 is 11.8 Å². The van der Waals surface area contributed by atoms with Gasteiger partial charge in [0.05, 0.1) is 12.1 Å². The number of imidazole rings is 1. The van der Waals surface area contributed by atoms with Gasteiger partial charge >= 0.3 is 0 Å². The fourth-order valence-corrected chi connectivity index (χ4v) is 4.35. The Morgan fingerprint density at radius 1 is 1.12 bits per heavy atom. The third kappa shape index (κ3) is 2.02. The van der Waals surface area contributed by atoms with E-state index in [1.165, 1.54) is 25.9 Å². The van der Waals surface area contributed by atoms with Crippen molar-refractivity contribution in [3.05, 3.63) is 31.1 Å². The number of nitrogens with two attached hydrogens (primary N) is 1. The highest BCUT2D eigenvalue weighted by Gasteiger charge is 2.51. The van der Waals surface area contributed by atoms with E-state index in [0.717, 1.165) is 24.7 Å². The van der Waals surface area contributed by atoms with E-state index in [-0.39, 0.29) is 5.54 Å². The second-order valence-electron chi connectivity index (χ2n) is 6.91. The van der Waals surface area contributed by atoms with E-state index in [1.807, 2.05) is 21.7 Å². The molecule has 2 N–H and O–H groups in total. The van der Waals surface area contributed by atoms with Crippen LogP contribution in [0.4, 0.5) is 5.82 Å². The fourth-order valence-electron chi connectivity index (χ4n) is 4.35. The van der Waals surface area contributed by atoms with Gasteiger partial charge in [-0.3, -0.25) is 9.47 Å². The number of hydrogen-bond donors (Lipinski definition) is 1. The average Bonchev–Trinajstić information content (AvgIpc) is 3.25. The number of aliphatic imine (C=N–C) groups is 1. The summed E-state index contributed by atoms with van der Waals surface area (Å²) in [4.78, 5) is 22.3. The maximum Gasteiger partial charge on any atom is 0.197 e. The standard InChI is InChI=1S/C16H20N8/c17-15-21-16(8-22-4-1-12(16)2-5-22)9-24(15)14-7-13(19-10-20-14)23-6-3-18-11-23/h3,6-7,10-12H,1-2,4-5,8-9H2,(H2,17,21). The van der Waals surface area contributed by atoms with Crippen LogP contribution >= 0.6 is 0 Å². The molecule has 0 amide bonds. The molecule has 0 aromatic carbocycles. The minimum absolute atomic E-state index is 0.0687. The van der Waals surface area contributed by atoms with Crippen molar-refractivity contribution in [3.63, 3.8) is 0 Å². The van der Waals surface area contributed by atoms with Gasteiger partial charge in [-0.05, 0) is 31.8 Å². The maximum absolute atomic E-state index is 6.29. The van der Waals surface area contributed by atoms with Crippen molar-refractivity contribution in [1.29, 1.82) is 0 Å². The Labute approximate surface area is 140 Å². The number of nitrogens with zero attached hydrogens (tertiary/aromatic N) is 7. The van der Waals surface area contributed by atoms with Crippen molar-refractivity contribution in [2.24, 2.45) is 16.6 Å². The first kappa shape index (κ1) is 13.9. The quantitative estimate of drug-likeness (QED) is 0.852. The lowest BCUT2D eigenvalue weighted by Gasteiger charge is -2.49. The third-order valence-electron chi connectivity index (χ3n) is 5.57. The van der Waals surface area contributed by atoms with Crippen LogP contribution in [0, 0.1) is 5.92 Å². The fraction of sp³-hybridized carbons (Fsp3) is 0.500. The Morgan fingerprint density at radius 3 is 2.67 bits per heavy atom. The smallest absolute Gasteiger partial charge is 0.197 e. The molecule has 1 spiro atoms. The largest absolute Gasteiger partial charge is 0.369 e. The Kier molecular flexibility index (Phi) is 2.90. The third-order valence-corrected chi connectivity index (χ3v) is 5.57. The second kappa shape index (κ2) is 5.01. The number of piperidine rings is 3. The maximum atomic E-state index is 6.29. The van der Waals surface area contributed by atoms with Crippen LogP contribution in [-0.4, -0.2) is 62.1 Å². The normalized spacial score (nSPS) is 31.7. The Bertz CT molecular complexity index is 777. The molecule has 0 aliphatic carbocycles. The summed E-state index contributed by atoms with van der Waals surface area (Å²) in [7, 11) is 0. The lowest BCUT2D eigenvalue weighted by atomic mass is 9.73. The molecule has 2 aromatic rings. The van der Waals surface area contributed by atoms with E-state index in [0.29, 0.717) is 11.9 Å². The number of aromatic nitrogens is 4. The van der Waals surface area contributed by atoms with Crippen molar-refractivity contribution < 1.29 is 0 Å². The summed E-state index contributed by atoms with van der Waals surface area (Å²) < 4.78 is 1.86. The highest BCUT2D eigenvalue weighted by Crippen LogP contribution is 2.42. The lowest BCUT2D eigenvalue weighted by molar-refractivity contribution is 0.0390. The van der Waals surface area contributed by atoms with Gasteiger partial charge in [0.2, 0.25) is 0 Å².